The van der Waals surface area contributed by atoms with E-state index in [2.05, 4.69) is 22.6 Å². The minimum atomic E-state index is 0.101. The zero-order valence-corrected chi connectivity index (χ0v) is 10.3. The Balaban J connectivity index is 2.00. The molecule has 3 N–H and O–H groups in total. The largest absolute Gasteiger partial charge is 0.356 e. The molecule has 17 heavy (non-hydrogen) atoms. The maximum absolute atomic E-state index is 11.4. The highest BCUT2D eigenvalue weighted by atomic mass is 16.1. The van der Waals surface area contributed by atoms with Gasteiger partial charge in [0.05, 0.1) is 6.20 Å². The van der Waals surface area contributed by atoms with Crippen molar-refractivity contribution < 1.29 is 4.79 Å². The van der Waals surface area contributed by atoms with Gasteiger partial charge in [0.1, 0.15) is 0 Å². The van der Waals surface area contributed by atoms with Crippen LogP contribution in [-0.4, -0.2) is 34.0 Å². The molecule has 6 heteroatoms. The molecule has 1 atom stereocenters. The Hall–Kier alpha value is -1.43. The molecule has 0 fully saturated rings. The Morgan fingerprint density at radius 1 is 1.59 bits per heavy atom. The minimum absolute atomic E-state index is 0.101. The second-order valence-electron chi connectivity index (χ2n) is 4.25. The van der Waals surface area contributed by atoms with Gasteiger partial charge < -0.3 is 11.1 Å². The fraction of sp³-hybridized carbons (Fsp3) is 0.727. The summed E-state index contributed by atoms with van der Waals surface area (Å²) in [6.07, 6.45) is 5.73. The third-order valence-corrected chi connectivity index (χ3v) is 2.62. The van der Waals surface area contributed by atoms with Gasteiger partial charge in [-0.2, -0.15) is 0 Å². The van der Waals surface area contributed by atoms with Crippen LogP contribution in [0.3, 0.4) is 0 Å². The molecule has 0 spiro atoms. The summed E-state index contributed by atoms with van der Waals surface area (Å²) in [5.41, 5.74) is 5.49. The van der Waals surface area contributed by atoms with Gasteiger partial charge in [-0.15, -0.1) is 5.10 Å². The van der Waals surface area contributed by atoms with Crippen molar-refractivity contribution in [3.63, 3.8) is 0 Å². The Morgan fingerprint density at radius 2 is 2.41 bits per heavy atom. The van der Waals surface area contributed by atoms with Gasteiger partial charge in [0.2, 0.25) is 5.91 Å². The summed E-state index contributed by atoms with van der Waals surface area (Å²) in [6.45, 7) is 4.15. The van der Waals surface area contributed by atoms with Crippen molar-refractivity contribution in [2.45, 2.75) is 32.7 Å². The summed E-state index contributed by atoms with van der Waals surface area (Å²) in [6, 6.07) is 0. The van der Waals surface area contributed by atoms with Gasteiger partial charge in [0, 0.05) is 25.7 Å². The summed E-state index contributed by atoms with van der Waals surface area (Å²) in [5, 5.41) is 10.4. The smallest absolute Gasteiger partial charge is 0.220 e. The normalized spacial score (nSPS) is 12.4. The van der Waals surface area contributed by atoms with Crippen LogP contribution in [0.25, 0.3) is 0 Å². The molecule has 0 bridgehead atoms. The lowest BCUT2D eigenvalue weighted by molar-refractivity contribution is -0.121. The summed E-state index contributed by atoms with van der Waals surface area (Å²) < 4.78 is 1.75. The molecule has 1 rings (SSSR count). The van der Waals surface area contributed by atoms with E-state index in [4.69, 9.17) is 5.73 Å². The summed E-state index contributed by atoms with van der Waals surface area (Å²) in [4.78, 5) is 11.4. The number of hydrogen-bond donors (Lipinski definition) is 2. The fourth-order valence-electron chi connectivity index (χ4n) is 1.40. The monoisotopic (exact) mass is 239 g/mol. The van der Waals surface area contributed by atoms with E-state index in [1.54, 1.807) is 10.9 Å². The maximum Gasteiger partial charge on any atom is 0.220 e. The van der Waals surface area contributed by atoms with Crippen molar-refractivity contribution in [2.75, 3.05) is 13.1 Å². The molecule has 1 amide bonds. The molecule has 6 nitrogen and oxygen atoms in total. The zero-order valence-electron chi connectivity index (χ0n) is 10.3. The van der Waals surface area contributed by atoms with Crippen LogP contribution in [0, 0.1) is 5.92 Å². The third kappa shape index (κ3) is 6.01. The maximum atomic E-state index is 11.4. The first-order chi connectivity index (χ1) is 8.22. The van der Waals surface area contributed by atoms with Crippen LogP contribution >= 0.6 is 0 Å². The van der Waals surface area contributed by atoms with Gasteiger partial charge in [-0.25, -0.2) is 0 Å². The van der Waals surface area contributed by atoms with Gasteiger partial charge in [-0.3, -0.25) is 9.48 Å². The molecule has 0 saturated heterocycles. The topological polar surface area (TPSA) is 85.8 Å². The number of nitrogens with two attached hydrogens (primary N) is 1. The predicted molar refractivity (Wildman–Crippen MR) is 65.1 cm³/mol. The summed E-state index contributed by atoms with van der Waals surface area (Å²) in [7, 11) is 0. The molecule has 0 saturated carbocycles. The molecular weight excluding hydrogens is 218 g/mol. The zero-order chi connectivity index (χ0) is 12.5. The lowest BCUT2D eigenvalue weighted by Crippen LogP contribution is -2.26. The van der Waals surface area contributed by atoms with E-state index in [0.717, 1.165) is 19.4 Å². The van der Waals surface area contributed by atoms with Crippen molar-refractivity contribution >= 4 is 5.91 Å². The molecule has 0 aliphatic rings. The molecule has 1 heterocycles. The van der Waals surface area contributed by atoms with Crippen molar-refractivity contribution in [3.8, 4) is 0 Å². The Bertz CT molecular complexity index is 312. The molecule has 1 aromatic rings. The average Bonchev–Trinajstić information content (AvgIpc) is 2.84. The standard InChI is InChI=1S/C11H21N5O/c1-10(9-12)3-4-11(17)13-5-2-7-16-8-6-14-15-16/h6,8,10H,2-5,7,9,12H2,1H3,(H,13,17). The number of nitrogens with zero attached hydrogens (tertiary/aromatic N) is 3. The van der Waals surface area contributed by atoms with E-state index in [1.807, 2.05) is 6.20 Å². The van der Waals surface area contributed by atoms with E-state index in [-0.39, 0.29) is 5.91 Å². The van der Waals surface area contributed by atoms with E-state index >= 15 is 0 Å². The van der Waals surface area contributed by atoms with Crippen molar-refractivity contribution in [1.29, 1.82) is 0 Å². The number of nitrogens with one attached hydrogen (secondary N) is 1. The van der Waals surface area contributed by atoms with Gasteiger partial charge in [-0.1, -0.05) is 12.1 Å². The van der Waals surface area contributed by atoms with Gasteiger partial charge in [0.25, 0.3) is 0 Å². The highest BCUT2D eigenvalue weighted by Gasteiger charge is 2.04. The molecule has 0 aliphatic heterocycles. The predicted octanol–water partition coefficient (Wildman–Crippen LogP) is 0.159. The first kappa shape index (κ1) is 13.6. The molecule has 0 aliphatic carbocycles. The highest BCUT2D eigenvalue weighted by Crippen LogP contribution is 2.02. The molecule has 0 radical (unpaired) electrons. The number of amides is 1. The number of aryl methyl sites for hydroxylation is 1. The lowest BCUT2D eigenvalue weighted by atomic mass is 10.1. The van der Waals surface area contributed by atoms with Crippen molar-refractivity contribution in [3.05, 3.63) is 12.4 Å². The van der Waals surface area contributed by atoms with Gasteiger partial charge in [-0.05, 0) is 25.3 Å². The second kappa shape index (κ2) is 7.78. The molecule has 96 valence electrons. The van der Waals surface area contributed by atoms with E-state index in [9.17, 15) is 4.79 Å². The minimum Gasteiger partial charge on any atom is -0.356 e. The van der Waals surface area contributed by atoms with Crippen molar-refractivity contribution in [2.24, 2.45) is 11.7 Å². The van der Waals surface area contributed by atoms with Crippen LogP contribution in [0.5, 0.6) is 0 Å². The summed E-state index contributed by atoms with van der Waals surface area (Å²) in [5.74, 6) is 0.514. The molecule has 1 unspecified atom stereocenters. The molecular formula is C11H21N5O. The third-order valence-electron chi connectivity index (χ3n) is 2.62. The number of carbonyl (C=O) groups excluding carboxylic acids is 1. The first-order valence-electron chi connectivity index (χ1n) is 6.03. The van der Waals surface area contributed by atoms with Crippen LogP contribution in [0.2, 0.25) is 0 Å². The Morgan fingerprint density at radius 3 is 3.06 bits per heavy atom. The van der Waals surface area contributed by atoms with Crippen molar-refractivity contribution in [1.82, 2.24) is 20.3 Å². The number of hydrogen-bond acceptors (Lipinski definition) is 4. The fourth-order valence-corrected chi connectivity index (χ4v) is 1.40. The lowest BCUT2D eigenvalue weighted by Gasteiger charge is -2.08. The second-order valence-corrected chi connectivity index (χ2v) is 4.25. The summed E-state index contributed by atoms with van der Waals surface area (Å²) >= 11 is 0. The van der Waals surface area contributed by atoms with Gasteiger partial charge in [0.15, 0.2) is 0 Å². The van der Waals surface area contributed by atoms with Crippen LogP contribution in [0.1, 0.15) is 26.2 Å². The van der Waals surface area contributed by atoms with E-state index in [1.165, 1.54) is 0 Å². The molecule has 0 aromatic carbocycles. The SMILES string of the molecule is CC(CN)CCC(=O)NCCCn1ccnn1. The van der Waals surface area contributed by atoms with Crippen LogP contribution in [-0.2, 0) is 11.3 Å². The quantitative estimate of drug-likeness (QED) is 0.633. The number of carbonyl (C=O) groups is 1. The van der Waals surface area contributed by atoms with Crippen LogP contribution in [0.4, 0.5) is 0 Å². The molecule has 1 aromatic heterocycles. The van der Waals surface area contributed by atoms with Crippen LogP contribution < -0.4 is 11.1 Å². The van der Waals surface area contributed by atoms with E-state index < -0.39 is 0 Å². The first-order valence-corrected chi connectivity index (χ1v) is 6.03. The Labute approximate surface area is 102 Å². The Kier molecular flexibility index (Phi) is 6.24. The number of aromatic nitrogens is 3. The van der Waals surface area contributed by atoms with Gasteiger partial charge >= 0.3 is 0 Å². The average molecular weight is 239 g/mol. The highest BCUT2D eigenvalue weighted by molar-refractivity contribution is 5.75. The van der Waals surface area contributed by atoms with E-state index in [0.29, 0.717) is 25.4 Å². The number of rotatable bonds is 8. The van der Waals surface area contributed by atoms with Crippen LogP contribution in [0.15, 0.2) is 12.4 Å².